The number of benzene rings is 4. The molecule has 0 spiro atoms. The van der Waals surface area contributed by atoms with Crippen LogP contribution in [0.4, 0.5) is 11.4 Å². The summed E-state index contributed by atoms with van der Waals surface area (Å²) in [6.45, 7) is 6.66. The van der Waals surface area contributed by atoms with Crippen molar-refractivity contribution in [2.75, 3.05) is 11.5 Å². The molecule has 0 aliphatic heterocycles. The highest BCUT2D eigenvalue weighted by molar-refractivity contribution is 5.46. The van der Waals surface area contributed by atoms with Gasteiger partial charge in [0.2, 0.25) is 0 Å². The maximum Gasteiger partial charge on any atom is 0.0316 e. The van der Waals surface area contributed by atoms with E-state index >= 15 is 0 Å². The van der Waals surface area contributed by atoms with Crippen molar-refractivity contribution in [3.8, 4) is 0 Å². The lowest BCUT2D eigenvalue weighted by atomic mass is 9.93. The van der Waals surface area contributed by atoms with Crippen LogP contribution in [-0.4, -0.2) is 0 Å². The molecule has 0 unspecified atom stereocenters. The normalized spacial score (nSPS) is 11.2. The fraction of sp³-hybridized carbons (Fsp3) is 0.294. The molecule has 0 aromatic heterocycles. The molecule has 0 fully saturated rings. The zero-order chi connectivity index (χ0) is 25.5. The van der Waals surface area contributed by atoms with Gasteiger partial charge in [0.1, 0.15) is 0 Å². The lowest BCUT2D eigenvalue weighted by molar-refractivity contribution is 0.493. The summed E-state index contributed by atoms with van der Waals surface area (Å²) in [5.74, 6) is 0.708. The van der Waals surface area contributed by atoms with Gasteiger partial charge in [0, 0.05) is 11.4 Å². The highest BCUT2D eigenvalue weighted by Gasteiger charge is 2.07. The van der Waals surface area contributed by atoms with E-state index in [1.54, 1.807) is 0 Å². The fourth-order valence-corrected chi connectivity index (χ4v) is 4.89. The van der Waals surface area contributed by atoms with Crippen LogP contribution in [0.25, 0.3) is 0 Å². The summed E-state index contributed by atoms with van der Waals surface area (Å²) in [6, 6.07) is 30.7. The van der Waals surface area contributed by atoms with Gasteiger partial charge in [-0.3, -0.25) is 0 Å². The van der Waals surface area contributed by atoms with Gasteiger partial charge in [-0.25, -0.2) is 0 Å². The summed E-state index contributed by atoms with van der Waals surface area (Å²) in [7, 11) is 0. The summed E-state index contributed by atoms with van der Waals surface area (Å²) in [5.41, 5.74) is 24.2. The Kier molecular flexibility index (Phi) is 8.48. The van der Waals surface area contributed by atoms with E-state index < -0.39 is 0 Å². The standard InChI is InChI=1S/C34H40N2/c1-24(4-6-27-8-12-29(13-9-27)22-31-16-18-33(35)20-25(31)2)5-7-28-10-14-30(15-11-28)23-32-17-19-34(36)21-26(32)3/h8-21,24H,4-7,22-23,35-36H2,1-3H3. The van der Waals surface area contributed by atoms with Crippen molar-refractivity contribution >= 4 is 11.4 Å². The smallest absolute Gasteiger partial charge is 0.0316 e. The van der Waals surface area contributed by atoms with E-state index in [1.165, 1.54) is 57.3 Å². The van der Waals surface area contributed by atoms with Gasteiger partial charge in [0.15, 0.2) is 0 Å². The topological polar surface area (TPSA) is 52.0 Å². The Hall–Kier alpha value is -3.52. The van der Waals surface area contributed by atoms with Crippen molar-refractivity contribution < 1.29 is 0 Å². The molecule has 0 saturated carbocycles. The summed E-state index contributed by atoms with van der Waals surface area (Å²) in [4.78, 5) is 0. The highest BCUT2D eigenvalue weighted by atomic mass is 14.5. The van der Waals surface area contributed by atoms with Crippen LogP contribution in [0.2, 0.25) is 0 Å². The minimum Gasteiger partial charge on any atom is -0.399 e. The van der Waals surface area contributed by atoms with Crippen molar-refractivity contribution in [2.24, 2.45) is 5.92 Å². The summed E-state index contributed by atoms with van der Waals surface area (Å²) in [6.07, 6.45) is 6.66. The molecule has 4 rings (SSSR count). The van der Waals surface area contributed by atoms with Gasteiger partial charge in [-0.05, 0) is 127 Å². The van der Waals surface area contributed by atoms with E-state index in [0.29, 0.717) is 5.92 Å². The van der Waals surface area contributed by atoms with E-state index in [1.807, 2.05) is 12.1 Å². The third-order valence-electron chi connectivity index (χ3n) is 7.42. The first kappa shape index (κ1) is 25.6. The predicted octanol–water partition coefficient (Wildman–Crippen LogP) is 7.85. The Morgan fingerprint density at radius 1 is 0.528 bits per heavy atom. The number of hydrogen-bond acceptors (Lipinski definition) is 2. The van der Waals surface area contributed by atoms with Crippen molar-refractivity contribution in [1.29, 1.82) is 0 Å². The van der Waals surface area contributed by atoms with Crippen LogP contribution in [0.15, 0.2) is 84.9 Å². The molecule has 4 aromatic rings. The van der Waals surface area contributed by atoms with Crippen LogP contribution in [-0.2, 0) is 25.7 Å². The Labute approximate surface area is 217 Å². The first-order valence-electron chi connectivity index (χ1n) is 13.2. The molecular formula is C34H40N2. The van der Waals surface area contributed by atoms with E-state index in [-0.39, 0.29) is 0 Å². The maximum absolute atomic E-state index is 5.89. The molecule has 0 bridgehead atoms. The average Bonchev–Trinajstić information content (AvgIpc) is 2.86. The number of nitrogens with two attached hydrogens (primary N) is 2. The zero-order valence-corrected chi connectivity index (χ0v) is 22.1. The molecule has 0 radical (unpaired) electrons. The minimum absolute atomic E-state index is 0.708. The molecule has 0 atom stereocenters. The highest BCUT2D eigenvalue weighted by Crippen LogP contribution is 2.21. The third kappa shape index (κ3) is 7.24. The molecule has 4 aromatic carbocycles. The van der Waals surface area contributed by atoms with Gasteiger partial charge in [0.05, 0.1) is 0 Å². The second-order valence-corrected chi connectivity index (χ2v) is 10.5. The Morgan fingerprint density at radius 2 is 0.889 bits per heavy atom. The summed E-state index contributed by atoms with van der Waals surface area (Å²) < 4.78 is 0. The van der Waals surface area contributed by atoms with Crippen LogP contribution in [0, 0.1) is 19.8 Å². The van der Waals surface area contributed by atoms with E-state index in [0.717, 1.165) is 37.1 Å². The molecular weight excluding hydrogens is 436 g/mol. The minimum atomic E-state index is 0.708. The molecule has 4 N–H and O–H groups in total. The number of rotatable bonds is 10. The van der Waals surface area contributed by atoms with Gasteiger partial charge in [-0.1, -0.05) is 67.6 Å². The van der Waals surface area contributed by atoms with E-state index in [2.05, 4.69) is 93.6 Å². The summed E-state index contributed by atoms with van der Waals surface area (Å²) >= 11 is 0. The molecule has 36 heavy (non-hydrogen) atoms. The maximum atomic E-state index is 5.89. The molecule has 0 aliphatic carbocycles. The number of hydrogen-bond donors (Lipinski definition) is 2. The Balaban J connectivity index is 1.21. The van der Waals surface area contributed by atoms with Crippen LogP contribution in [0.1, 0.15) is 64.3 Å². The monoisotopic (exact) mass is 476 g/mol. The summed E-state index contributed by atoms with van der Waals surface area (Å²) in [5, 5.41) is 0. The van der Waals surface area contributed by atoms with Crippen molar-refractivity contribution in [1.82, 2.24) is 0 Å². The third-order valence-corrected chi connectivity index (χ3v) is 7.42. The van der Waals surface area contributed by atoms with Gasteiger partial charge >= 0.3 is 0 Å². The molecule has 0 heterocycles. The number of nitrogen functional groups attached to an aromatic ring is 2. The number of anilines is 2. The fourth-order valence-electron chi connectivity index (χ4n) is 4.89. The van der Waals surface area contributed by atoms with Gasteiger partial charge in [-0.15, -0.1) is 0 Å². The Bertz CT molecular complexity index is 1170. The average molecular weight is 477 g/mol. The van der Waals surface area contributed by atoms with Crippen molar-refractivity contribution in [2.45, 2.75) is 59.3 Å². The Morgan fingerprint density at radius 3 is 1.25 bits per heavy atom. The molecule has 2 heteroatoms. The quantitative estimate of drug-likeness (QED) is 0.229. The lowest BCUT2D eigenvalue weighted by Gasteiger charge is -2.13. The van der Waals surface area contributed by atoms with Crippen LogP contribution in [0.5, 0.6) is 0 Å². The zero-order valence-electron chi connectivity index (χ0n) is 22.1. The second kappa shape index (κ2) is 11.9. The van der Waals surface area contributed by atoms with E-state index in [4.69, 9.17) is 11.5 Å². The van der Waals surface area contributed by atoms with Gasteiger partial charge in [0.25, 0.3) is 0 Å². The van der Waals surface area contributed by atoms with Gasteiger partial charge in [-0.2, -0.15) is 0 Å². The molecule has 186 valence electrons. The van der Waals surface area contributed by atoms with Crippen LogP contribution < -0.4 is 11.5 Å². The largest absolute Gasteiger partial charge is 0.399 e. The predicted molar refractivity (Wildman–Crippen MR) is 155 cm³/mol. The van der Waals surface area contributed by atoms with Crippen molar-refractivity contribution in [3.05, 3.63) is 129 Å². The molecule has 0 amide bonds. The number of aryl methyl sites for hydroxylation is 4. The molecule has 2 nitrogen and oxygen atoms in total. The second-order valence-electron chi connectivity index (χ2n) is 10.5. The lowest BCUT2D eigenvalue weighted by Crippen LogP contribution is -2.01. The first-order chi connectivity index (χ1) is 17.4. The SMILES string of the molecule is Cc1cc(N)ccc1Cc1ccc(CCC(C)CCc2ccc(Cc3ccc(N)cc3C)cc2)cc1. The van der Waals surface area contributed by atoms with Crippen LogP contribution in [0.3, 0.4) is 0 Å². The molecule has 0 aliphatic rings. The van der Waals surface area contributed by atoms with Gasteiger partial charge < -0.3 is 11.5 Å². The van der Waals surface area contributed by atoms with Crippen LogP contribution >= 0.6 is 0 Å². The molecule has 0 saturated heterocycles. The first-order valence-corrected chi connectivity index (χ1v) is 13.2. The van der Waals surface area contributed by atoms with Crippen molar-refractivity contribution in [3.63, 3.8) is 0 Å². The van der Waals surface area contributed by atoms with E-state index in [9.17, 15) is 0 Å².